The molecule has 0 radical (unpaired) electrons. The van der Waals surface area contributed by atoms with E-state index in [0.717, 1.165) is 67.1 Å². The Morgan fingerprint density at radius 2 is 1.73 bits per heavy atom. The minimum absolute atomic E-state index is 0.475. The maximum absolute atomic E-state index is 5.99. The van der Waals surface area contributed by atoms with Crippen molar-refractivity contribution in [2.75, 3.05) is 26.2 Å². The van der Waals surface area contributed by atoms with Crippen LogP contribution in [0.25, 0.3) is 22.4 Å². The Balaban J connectivity index is 1.20. The number of hydrogen-bond donors (Lipinski definition) is 0. The predicted octanol–water partition coefficient (Wildman–Crippen LogP) is 3.80. The van der Waals surface area contributed by atoms with Gasteiger partial charge in [0.05, 0.1) is 18.8 Å². The van der Waals surface area contributed by atoms with Crippen molar-refractivity contribution in [2.24, 2.45) is 0 Å². The summed E-state index contributed by atoms with van der Waals surface area (Å²) >= 11 is 0. The third kappa shape index (κ3) is 3.88. The molecule has 8 nitrogen and oxygen atoms in total. The van der Waals surface area contributed by atoms with Gasteiger partial charge in [0.25, 0.3) is 5.89 Å². The molecule has 8 heteroatoms. The minimum atomic E-state index is 0.475. The summed E-state index contributed by atoms with van der Waals surface area (Å²) in [6.45, 7) is 9.22. The molecule has 156 valence electrons. The largest absolute Gasteiger partial charge is 0.460 e. The zero-order valence-electron chi connectivity index (χ0n) is 17.3. The number of aryl methyl sites for hydroxylation is 2. The van der Waals surface area contributed by atoms with Gasteiger partial charge in [-0.2, -0.15) is 4.98 Å². The van der Waals surface area contributed by atoms with Crippen LogP contribution >= 0.6 is 0 Å². The highest BCUT2D eigenvalue weighted by molar-refractivity contribution is 5.77. The van der Waals surface area contributed by atoms with Gasteiger partial charge >= 0.3 is 0 Å². The van der Waals surface area contributed by atoms with Crippen molar-refractivity contribution in [2.45, 2.75) is 33.4 Å². The number of para-hydroxylation sites is 1. The monoisotopic (exact) mass is 407 g/mol. The normalized spacial score (nSPS) is 16.3. The van der Waals surface area contributed by atoms with Crippen LogP contribution in [0.3, 0.4) is 0 Å². The zero-order valence-corrected chi connectivity index (χ0v) is 17.3. The van der Waals surface area contributed by atoms with Gasteiger partial charge in [0, 0.05) is 18.5 Å². The number of hydrogen-bond acceptors (Lipinski definition) is 8. The minimum Gasteiger partial charge on any atom is -0.460 e. The average Bonchev–Trinajstić information content (AvgIpc) is 3.39. The van der Waals surface area contributed by atoms with E-state index in [1.54, 1.807) is 0 Å². The van der Waals surface area contributed by atoms with Gasteiger partial charge < -0.3 is 13.5 Å². The second-order valence-electron chi connectivity index (χ2n) is 7.87. The molecule has 3 aromatic heterocycles. The van der Waals surface area contributed by atoms with Gasteiger partial charge in [-0.25, -0.2) is 0 Å². The average molecular weight is 407 g/mol. The van der Waals surface area contributed by atoms with Crippen LogP contribution in [0, 0.1) is 13.8 Å². The Kier molecular flexibility index (Phi) is 5.10. The van der Waals surface area contributed by atoms with E-state index < -0.39 is 0 Å². The molecule has 0 atom stereocenters. The van der Waals surface area contributed by atoms with Crippen molar-refractivity contribution in [3.05, 3.63) is 53.4 Å². The van der Waals surface area contributed by atoms with E-state index in [4.69, 9.17) is 13.5 Å². The molecular weight excluding hydrogens is 382 g/mol. The number of rotatable bonds is 5. The van der Waals surface area contributed by atoms with Gasteiger partial charge in [-0.05, 0) is 45.5 Å². The van der Waals surface area contributed by atoms with Crippen LogP contribution in [0.1, 0.15) is 29.5 Å². The van der Waals surface area contributed by atoms with Gasteiger partial charge in [-0.1, -0.05) is 28.5 Å². The third-order valence-electron chi connectivity index (χ3n) is 5.62. The Bertz CT molecular complexity index is 1090. The van der Waals surface area contributed by atoms with Gasteiger partial charge in [-0.3, -0.25) is 9.80 Å². The first kappa shape index (κ1) is 19.0. The smallest absolute Gasteiger partial charge is 0.263 e. The molecule has 1 aliphatic rings. The van der Waals surface area contributed by atoms with E-state index in [9.17, 15) is 0 Å². The lowest BCUT2D eigenvalue weighted by Crippen LogP contribution is -2.30. The predicted molar refractivity (Wildman–Crippen MR) is 111 cm³/mol. The van der Waals surface area contributed by atoms with E-state index in [-0.39, 0.29) is 0 Å². The summed E-state index contributed by atoms with van der Waals surface area (Å²) in [7, 11) is 0. The molecule has 0 unspecified atom stereocenters. The maximum atomic E-state index is 5.99. The second-order valence-corrected chi connectivity index (χ2v) is 7.87. The highest BCUT2D eigenvalue weighted by atomic mass is 16.5. The van der Waals surface area contributed by atoms with E-state index in [1.807, 2.05) is 32.0 Å². The van der Waals surface area contributed by atoms with Crippen molar-refractivity contribution in [3.8, 4) is 11.5 Å². The lowest BCUT2D eigenvalue weighted by atomic mass is 10.2. The van der Waals surface area contributed by atoms with Crippen LogP contribution in [-0.4, -0.2) is 51.3 Å². The SMILES string of the molecule is Cc1noc(C)c1-c1nc(CN2CCCN(Cc3cc4ccccc4o3)CC2)no1. The van der Waals surface area contributed by atoms with Crippen molar-refractivity contribution in [1.82, 2.24) is 25.1 Å². The van der Waals surface area contributed by atoms with Crippen LogP contribution in [-0.2, 0) is 13.1 Å². The highest BCUT2D eigenvalue weighted by Gasteiger charge is 2.21. The van der Waals surface area contributed by atoms with Crippen LogP contribution in [0.4, 0.5) is 0 Å². The number of benzene rings is 1. The fourth-order valence-corrected chi connectivity index (χ4v) is 4.08. The molecule has 0 aliphatic carbocycles. The summed E-state index contributed by atoms with van der Waals surface area (Å²) in [6.07, 6.45) is 1.09. The zero-order chi connectivity index (χ0) is 20.5. The van der Waals surface area contributed by atoms with Crippen LogP contribution < -0.4 is 0 Å². The topological polar surface area (TPSA) is 84.6 Å². The molecular formula is C22H25N5O3. The summed E-state index contributed by atoms with van der Waals surface area (Å²) in [5.41, 5.74) is 2.51. The first-order chi connectivity index (χ1) is 14.7. The Morgan fingerprint density at radius 1 is 0.933 bits per heavy atom. The molecule has 1 saturated heterocycles. The summed E-state index contributed by atoms with van der Waals surface area (Å²) in [5, 5.41) is 9.29. The van der Waals surface area contributed by atoms with Gasteiger partial charge in [0.15, 0.2) is 5.82 Å². The molecule has 1 fully saturated rings. The van der Waals surface area contributed by atoms with Gasteiger partial charge in [-0.15, -0.1) is 0 Å². The third-order valence-corrected chi connectivity index (χ3v) is 5.62. The summed E-state index contributed by atoms with van der Waals surface area (Å²) < 4.78 is 16.7. The van der Waals surface area contributed by atoms with Crippen molar-refractivity contribution >= 4 is 11.0 Å². The lowest BCUT2D eigenvalue weighted by molar-refractivity contribution is 0.232. The summed E-state index contributed by atoms with van der Waals surface area (Å²) in [6, 6.07) is 10.3. The summed E-state index contributed by atoms with van der Waals surface area (Å²) in [5.74, 6) is 2.88. The molecule has 4 heterocycles. The van der Waals surface area contributed by atoms with Crippen molar-refractivity contribution < 1.29 is 13.5 Å². The van der Waals surface area contributed by atoms with E-state index >= 15 is 0 Å². The molecule has 0 spiro atoms. The highest BCUT2D eigenvalue weighted by Crippen LogP contribution is 2.25. The number of fused-ring (bicyclic) bond motifs is 1. The number of furan rings is 1. The Hall–Kier alpha value is -2.97. The second kappa shape index (κ2) is 8.04. The standard InChI is InChI=1S/C22H25N5O3/c1-15-21(16(2)29-24-15)22-23-20(25-30-22)14-27-9-5-8-26(10-11-27)13-18-12-17-6-3-4-7-19(17)28-18/h3-4,6-7,12H,5,8-11,13-14H2,1-2H3. The molecule has 0 amide bonds. The van der Waals surface area contributed by atoms with Crippen molar-refractivity contribution in [3.63, 3.8) is 0 Å². The Morgan fingerprint density at radius 3 is 2.50 bits per heavy atom. The van der Waals surface area contributed by atoms with E-state index in [1.165, 1.54) is 0 Å². The fourth-order valence-electron chi connectivity index (χ4n) is 4.08. The molecule has 30 heavy (non-hydrogen) atoms. The quantitative estimate of drug-likeness (QED) is 0.494. The van der Waals surface area contributed by atoms with Gasteiger partial charge in [0.2, 0.25) is 0 Å². The van der Waals surface area contributed by atoms with E-state index in [0.29, 0.717) is 24.0 Å². The molecule has 0 saturated carbocycles. The van der Waals surface area contributed by atoms with Crippen LogP contribution in [0.2, 0.25) is 0 Å². The van der Waals surface area contributed by atoms with Crippen LogP contribution in [0.5, 0.6) is 0 Å². The molecule has 1 aliphatic heterocycles. The molecule has 4 aromatic rings. The fraction of sp³-hybridized carbons (Fsp3) is 0.409. The molecule has 5 rings (SSSR count). The van der Waals surface area contributed by atoms with Gasteiger partial charge in [0.1, 0.15) is 22.7 Å². The van der Waals surface area contributed by atoms with E-state index in [2.05, 4.69) is 37.2 Å². The first-order valence-corrected chi connectivity index (χ1v) is 10.3. The lowest BCUT2D eigenvalue weighted by Gasteiger charge is -2.19. The Labute approximate surface area is 174 Å². The van der Waals surface area contributed by atoms with Crippen LogP contribution in [0.15, 0.2) is 43.8 Å². The summed E-state index contributed by atoms with van der Waals surface area (Å²) in [4.78, 5) is 9.39. The first-order valence-electron chi connectivity index (χ1n) is 10.3. The molecule has 1 aromatic carbocycles. The molecule has 0 N–H and O–H groups in total. The number of nitrogens with zero attached hydrogens (tertiary/aromatic N) is 5. The van der Waals surface area contributed by atoms with Crippen molar-refractivity contribution in [1.29, 1.82) is 0 Å². The molecule has 0 bridgehead atoms. The maximum Gasteiger partial charge on any atom is 0.263 e. The number of aromatic nitrogens is 3.